The Morgan fingerprint density at radius 2 is 2.11 bits per heavy atom. The summed E-state index contributed by atoms with van der Waals surface area (Å²) in [5.41, 5.74) is -0.552. The number of non-ortho nitro benzene ring substituents is 1. The molecule has 19 heavy (non-hydrogen) atoms. The molecule has 0 saturated heterocycles. The van der Waals surface area contributed by atoms with Gasteiger partial charge < -0.3 is 9.47 Å². The Morgan fingerprint density at radius 1 is 1.42 bits per heavy atom. The Balaban J connectivity index is 2.79. The third kappa shape index (κ3) is 4.14. The van der Waals surface area contributed by atoms with Gasteiger partial charge in [0.05, 0.1) is 36.2 Å². The number of benzene rings is 1. The maximum absolute atomic E-state index is 10.7. The van der Waals surface area contributed by atoms with E-state index in [0.717, 1.165) is 0 Å². The lowest BCUT2D eigenvalue weighted by Gasteiger charge is -2.16. The summed E-state index contributed by atoms with van der Waals surface area (Å²) in [7, 11) is 1.47. The number of ether oxygens (including phenoxy) is 2. The Bertz CT molecular complexity index is 506. The highest BCUT2D eigenvalue weighted by atomic mass is 16.6. The zero-order chi connectivity index (χ0) is 14.5. The van der Waals surface area contributed by atoms with E-state index in [1.54, 1.807) is 13.8 Å². The standard InChI is InChI=1S/C13H16N2O4/c1-13(2,9-14)6-7-19-12-8-10(15(16)17)4-5-11(12)18-3/h4-5,8H,6-7H2,1-3H3. The zero-order valence-electron chi connectivity index (χ0n) is 11.2. The van der Waals surface area contributed by atoms with E-state index in [1.165, 1.54) is 25.3 Å². The lowest BCUT2D eigenvalue weighted by atomic mass is 9.92. The number of rotatable bonds is 6. The molecular weight excluding hydrogens is 248 g/mol. The Hall–Kier alpha value is -2.29. The Kier molecular flexibility index (Phi) is 4.70. The summed E-state index contributed by atoms with van der Waals surface area (Å²) in [4.78, 5) is 10.2. The van der Waals surface area contributed by atoms with Crippen molar-refractivity contribution in [3.05, 3.63) is 28.3 Å². The van der Waals surface area contributed by atoms with Crippen LogP contribution in [0.15, 0.2) is 18.2 Å². The fourth-order valence-corrected chi connectivity index (χ4v) is 1.36. The van der Waals surface area contributed by atoms with Crippen LogP contribution in [0.2, 0.25) is 0 Å². The van der Waals surface area contributed by atoms with Crippen LogP contribution in [-0.2, 0) is 0 Å². The zero-order valence-corrected chi connectivity index (χ0v) is 11.2. The van der Waals surface area contributed by atoms with E-state index in [4.69, 9.17) is 14.7 Å². The number of hydrogen-bond acceptors (Lipinski definition) is 5. The minimum Gasteiger partial charge on any atom is -0.493 e. The number of hydrogen-bond donors (Lipinski definition) is 0. The number of nitriles is 1. The molecule has 0 fully saturated rings. The van der Waals surface area contributed by atoms with E-state index in [2.05, 4.69) is 6.07 Å². The SMILES string of the molecule is COc1ccc([N+](=O)[O-])cc1OCCC(C)(C)C#N. The van der Waals surface area contributed by atoms with E-state index in [9.17, 15) is 10.1 Å². The van der Waals surface area contributed by atoms with Gasteiger partial charge in [0.2, 0.25) is 0 Å². The van der Waals surface area contributed by atoms with Gasteiger partial charge in [0.25, 0.3) is 5.69 Å². The fourth-order valence-electron chi connectivity index (χ4n) is 1.36. The van der Waals surface area contributed by atoms with E-state index in [-0.39, 0.29) is 12.3 Å². The highest BCUT2D eigenvalue weighted by molar-refractivity contribution is 5.48. The topological polar surface area (TPSA) is 85.4 Å². The van der Waals surface area contributed by atoms with Crippen molar-refractivity contribution in [2.24, 2.45) is 5.41 Å². The number of nitro benzene ring substituents is 1. The van der Waals surface area contributed by atoms with Crippen LogP contribution in [0, 0.1) is 26.9 Å². The molecule has 0 amide bonds. The first kappa shape index (κ1) is 14.8. The summed E-state index contributed by atoms with van der Waals surface area (Å²) in [6.07, 6.45) is 0.523. The average molecular weight is 264 g/mol. The van der Waals surface area contributed by atoms with Crippen LogP contribution < -0.4 is 9.47 Å². The van der Waals surface area contributed by atoms with Gasteiger partial charge in [0.1, 0.15) is 0 Å². The summed E-state index contributed by atoms with van der Waals surface area (Å²) in [5.74, 6) is 0.741. The molecule has 0 N–H and O–H groups in total. The molecule has 0 bridgehead atoms. The summed E-state index contributed by atoms with van der Waals surface area (Å²) in [6, 6.07) is 6.33. The molecule has 0 heterocycles. The van der Waals surface area contributed by atoms with Gasteiger partial charge in [-0.05, 0) is 26.3 Å². The fraction of sp³-hybridized carbons (Fsp3) is 0.462. The largest absolute Gasteiger partial charge is 0.493 e. The first-order valence-electron chi connectivity index (χ1n) is 5.76. The molecule has 0 aliphatic rings. The lowest BCUT2D eigenvalue weighted by Crippen LogP contribution is -2.13. The van der Waals surface area contributed by atoms with Gasteiger partial charge in [0, 0.05) is 6.07 Å². The molecule has 0 aliphatic heterocycles. The number of nitro groups is 1. The molecule has 0 aliphatic carbocycles. The van der Waals surface area contributed by atoms with Crippen LogP contribution in [0.25, 0.3) is 0 Å². The molecule has 0 spiro atoms. The van der Waals surface area contributed by atoms with E-state index in [0.29, 0.717) is 17.9 Å². The average Bonchev–Trinajstić information content (AvgIpc) is 2.38. The van der Waals surface area contributed by atoms with Gasteiger partial charge in [0.15, 0.2) is 11.5 Å². The maximum Gasteiger partial charge on any atom is 0.273 e. The van der Waals surface area contributed by atoms with Crippen LogP contribution in [0.3, 0.4) is 0 Å². The van der Waals surface area contributed by atoms with Crippen molar-refractivity contribution in [1.82, 2.24) is 0 Å². The van der Waals surface area contributed by atoms with E-state index in [1.807, 2.05) is 0 Å². The van der Waals surface area contributed by atoms with Crippen LogP contribution in [-0.4, -0.2) is 18.6 Å². The molecule has 0 radical (unpaired) electrons. The highest BCUT2D eigenvalue weighted by Crippen LogP contribution is 2.31. The number of methoxy groups -OCH3 is 1. The third-order valence-electron chi connectivity index (χ3n) is 2.65. The van der Waals surface area contributed by atoms with Crippen LogP contribution in [0.1, 0.15) is 20.3 Å². The highest BCUT2D eigenvalue weighted by Gasteiger charge is 2.18. The van der Waals surface area contributed by atoms with Gasteiger partial charge in [-0.15, -0.1) is 0 Å². The third-order valence-corrected chi connectivity index (χ3v) is 2.65. The molecule has 0 atom stereocenters. The van der Waals surface area contributed by atoms with Crippen LogP contribution in [0.4, 0.5) is 5.69 Å². The molecular formula is C13H16N2O4. The van der Waals surface area contributed by atoms with Crippen LogP contribution in [0.5, 0.6) is 11.5 Å². The second kappa shape index (κ2) is 6.05. The predicted molar refractivity (Wildman–Crippen MR) is 69.2 cm³/mol. The van der Waals surface area contributed by atoms with E-state index < -0.39 is 10.3 Å². The van der Waals surface area contributed by atoms with E-state index >= 15 is 0 Å². The molecule has 0 saturated carbocycles. The first-order valence-corrected chi connectivity index (χ1v) is 5.76. The van der Waals surface area contributed by atoms with Crippen molar-refractivity contribution in [1.29, 1.82) is 5.26 Å². The first-order chi connectivity index (χ1) is 8.89. The summed E-state index contributed by atoms with van der Waals surface area (Å²) >= 11 is 0. The lowest BCUT2D eigenvalue weighted by molar-refractivity contribution is -0.385. The molecule has 0 aromatic heterocycles. The van der Waals surface area contributed by atoms with Crippen molar-refractivity contribution in [2.75, 3.05) is 13.7 Å². The molecule has 102 valence electrons. The minimum atomic E-state index is -0.495. The molecule has 1 aromatic carbocycles. The second-order valence-corrected chi connectivity index (χ2v) is 4.69. The van der Waals surface area contributed by atoms with Gasteiger partial charge in [-0.3, -0.25) is 10.1 Å². The maximum atomic E-state index is 10.7. The monoisotopic (exact) mass is 264 g/mol. The van der Waals surface area contributed by atoms with Gasteiger partial charge in [-0.1, -0.05) is 0 Å². The van der Waals surface area contributed by atoms with Crippen molar-refractivity contribution in [3.8, 4) is 17.6 Å². The normalized spacial score (nSPS) is 10.6. The second-order valence-electron chi connectivity index (χ2n) is 4.69. The van der Waals surface area contributed by atoms with Gasteiger partial charge in [-0.25, -0.2) is 0 Å². The van der Waals surface area contributed by atoms with Crippen molar-refractivity contribution in [3.63, 3.8) is 0 Å². The minimum absolute atomic E-state index is 0.0599. The molecule has 1 aromatic rings. The van der Waals surface area contributed by atoms with Crippen molar-refractivity contribution < 1.29 is 14.4 Å². The molecule has 1 rings (SSSR count). The Morgan fingerprint density at radius 3 is 2.63 bits per heavy atom. The predicted octanol–water partition coefficient (Wildman–Crippen LogP) is 2.92. The summed E-state index contributed by atoms with van der Waals surface area (Å²) in [5, 5.41) is 19.6. The van der Waals surface area contributed by atoms with Gasteiger partial charge in [-0.2, -0.15) is 5.26 Å². The van der Waals surface area contributed by atoms with Gasteiger partial charge >= 0.3 is 0 Å². The van der Waals surface area contributed by atoms with Crippen molar-refractivity contribution in [2.45, 2.75) is 20.3 Å². The number of nitrogens with zero attached hydrogens (tertiary/aromatic N) is 2. The molecule has 6 heteroatoms. The molecule has 6 nitrogen and oxygen atoms in total. The van der Waals surface area contributed by atoms with Crippen LogP contribution >= 0.6 is 0 Å². The van der Waals surface area contributed by atoms with Crippen molar-refractivity contribution >= 4 is 5.69 Å². The Labute approximate surface area is 111 Å². The smallest absolute Gasteiger partial charge is 0.273 e. The summed E-state index contributed by atoms with van der Waals surface area (Å²) in [6.45, 7) is 3.90. The quantitative estimate of drug-likeness (QED) is 0.582. The summed E-state index contributed by atoms with van der Waals surface area (Å²) < 4.78 is 10.6. The molecule has 0 unspecified atom stereocenters.